The lowest BCUT2D eigenvalue weighted by Gasteiger charge is -2.21. The minimum absolute atomic E-state index is 0.382. The number of hydrogen-bond donors (Lipinski definition) is 1. The van der Waals surface area contributed by atoms with Crippen molar-refractivity contribution in [3.05, 3.63) is 60.2 Å². The van der Waals surface area contributed by atoms with Gasteiger partial charge in [0.25, 0.3) is 0 Å². The Bertz CT molecular complexity index is 712. The van der Waals surface area contributed by atoms with Crippen LogP contribution in [0.4, 0.5) is 5.69 Å². The van der Waals surface area contributed by atoms with Crippen LogP contribution in [0.25, 0.3) is 0 Å². The Morgan fingerprint density at radius 2 is 1.71 bits per heavy atom. The van der Waals surface area contributed by atoms with Gasteiger partial charge in [-0.15, -0.1) is 0 Å². The predicted octanol–water partition coefficient (Wildman–Crippen LogP) is 2.48. The SMILES string of the molecule is Cc1ccc(NC(=O)C(C2OCCO2)S(=O)c2ccccc2)cc1. The molecule has 6 heteroatoms. The zero-order valence-electron chi connectivity index (χ0n) is 13.3. The lowest BCUT2D eigenvalue weighted by Crippen LogP contribution is -2.42. The maximum absolute atomic E-state index is 12.9. The van der Waals surface area contributed by atoms with Gasteiger partial charge in [-0.25, -0.2) is 0 Å². The van der Waals surface area contributed by atoms with Gasteiger partial charge in [0, 0.05) is 10.6 Å². The van der Waals surface area contributed by atoms with Crippen molar-refractivity contribution in [2.75, 3.05) is 18.5 Å². The number of anilines is 1. The van der Waals surface area contributed by atoms with Crippen LogP contribution in [0.15, 0.2) is 59.5 Å². The van der Waals surface area contributed by atoms with Crippen molar-refractivity contribution in [2.24, 2.45) is 0 Å². The summed E-state index contributed by atoms with van der Waals surface area (Å²) in [6.45, 7) is 2.76. The molecule has 2 aromatic carbocycles. The highest BCUT2D eigenvalue weighted by Gasteiger charge is 2.38. The molecule has 0 aromatic heterocycles. The van der Waals surface area contributed by atoms with Gasteiger partial charge in [0.05, 0.1) is 24.0 Å². The van der Waals surface area contributed by atoms with Gasteiger partial charge < -0.3 is 14.8 Å². The third-order valence-electron chi connectivity index (χ3n) is 3.68. The van der Waals surface area contributed by atoms with E-state index in [0.717, 1.165) is 5.56 Å². The van der Waals surface area contributed by atoms with E-state index in [1.54, 1.807) is 24.3 Å². The summed E-state index contributed by atoms with van der Waals surface area (Å²) in [5.74, 6) is -0.382. The molecule has 1 fully saturated rings. The molecule has 2 unspecified atom stereocenters. The van der Waals surface area contributed by atoms with Crippen molar-refractivity contribution in [2.45, 2.75) is 23.4 Å². The molecule has 1 N–H and O–H groups in total. The van der Waals surface area contributed by atoms with Gasteiger partial charge in [-0.1, -0.05) is 35.9 Å². The van der Waals surface area contributed by atoms with E-state index in [4.69, 9.17) is 9.47 Å². The van der Waals surface area contributed by atoms with E-state index in [2.05, 4.69) is 5.32 Å². The smallest absolute Gasteiger partial charge is 0.245 e. The van der Waals surface area contributed by atoms with E-state index in [9.17, 15) is 9.00 Å². The maximum Gasteiger partial charge on any atom is 0.245 e. The molecule has 1 aliphatic heterocycles. The Hall–Kier alpha value is -2.02. The predicted molar refractivity (Wildman–Crippen MR) is 92.1 cm³/mol. The van der Waals surface area contributed by atoms with Crippen LogP contribution in [-0.4, -0.2) is 34.9 Å². The maximum atomic E-state index is 12.9. The van der Waals surface area contributed by atoms with Crippen LogP contribution in [-0.2, 0) is 25.1 Å². The largest absolute Gasteiger partial charge is 0.348 e. The van der Waals surface area contributed by atoms with Gasteiger partial charge in [0.2, 0.25) is 5.91 Å². The Morgan fingerprint density at radius 3 is 2.33 bits per heavy atom. The van der Waals surface area contributed by atoms with Crippen molar-refractivity contribution in [1.29, 1.82) is 0 Å². The summed E-state index contributed by atoms with van der Waals surface area (Å²) in [5, 5.41) is 1.87. The molecule has 2 atom stereocenters. The molecule has 3 rings (SSSR count). The van der Waals surface area contributed by atoms with Crippen molar-refractivity contribution in [1.82, 2.24) is 0 Å². The summed E-state index contributed by atoms with van der Waals surface area (Å²) in [5.41, 5.74) is 1.75. The molecule has 1 aliphatic rings. The normalized spacial score (nSPS) is 17.4. The molecular weight excluding hydrogens is 326 g/mol. The molecule has 0 saturated carbocycles. The first-order chi connectivity index (χ1) is 11.6. The van der Waals surface area contributed by atoms with Crippen LogP contribution >= 0.6 is 0 Å². The van der Waals surface area contributed by atoms with E-state index in [1.807, 2.05) is 37.3 Å². The standard InChI is InChI=1S/C18H19NO4S/c1-13-7-9-14(10-8-13)19-17(20)16(18-22-11-12-23-18)24(21)15-5-3-2-4-6-15/h2-10,16,18H,11-12H2,1H3,(H,19,20). The summed E-state index contributed by atoms with van der Waals surface area (Å²) >= 11 is 0. The quantitative estimate of drug-likeness (QED) is 0.904. The number of hydrogen-bond acceptors (Lipinski definition) is 4. The number of carbonyl (C=O) groups excluding carboxylic acids is 1. The van der Waals surface area contributed by atoms with E-state index < -0.39 is 22.3 Å². The van der Waals surface area contributed by atoms with Crippen LogP contribution in [0.1, 0.15) is 5.56 Å². The molecule has 1 heterocycles. The zero-order valence-corrected chi connectivity index (χ0v) is 14.1. The zero-order chi connectivity index (χ0) is 16.9. The molecule has 1 amide bonds. The summed E-state index contributed by atoms with van der Waals surface area (Å²) in [7, 11) is -1.58. The number of nitrogens with one attached hydrogen (secondary N) is 1. The Labute approximate surface area is 143 Å². The number of rotatable bonds is 5. The Morgan fingerprint density at radius 1 is 1.08 bits per heavy atom. The summed E-state index contributed by atoms with van der Waals surface area (Å²) in [6.07, 6.45) is -0.809. The first-order valence-corrected chi connectivity index (χ1v) is 8.93. The van der Waals surface area contributed by atoms with Crippen molar-refractivity contribution in [3.8, 4) is 0 Å². The van der Waals surface area contributed by atoms with Crippen LogP contribution in [0.2, 0.25) is 0 Å². The van der Waals surface area contributed by atoms with Crippen molar-refractivity contribution < 1.29 is 18.5 Å². The average molecular weight is 345 g/mol. The minimum Gasteiger partial charge on any atom is -0.348 e. The first-order valence-electron chi connectivity index (χ1n) is 7.71. The highest BCUT2D eigenvalue weighted by atomic mass is 32.2. The molecule has 5 nitrogen and oxygen atoms in total. The minimum atomic E-state index is -1.58. The molecule has 24 heavy (non-hydrogen) atoms. The summed E-state index contributed by atoms with van der Waals surface area (Å²) in [6, 6.07) is 16.3. The van der Waals surface area contributed by atoms with Crippen LogP contribution in [0.3, 0.4) is 0 Å². The lowest BCUT2D eigenvalue weighted by atomic mass is 10.2. The number of aryl methyl sites for hydroxylation is 1. The summed E-state index contributed by atoms with van der Waals surface area (Å²) < 4.78 is 23.8. The fraction of sp³-hybridized carbons (Fsp3) is 0.278. The van der Waals surface area contributed by atoms with E-state index in [-0.39, 0.29) is 5.91 Å². The molecule has 0 radical (unpaired) electrons. The van der Waals surface area contributed by atoms with Gasteiger partial charge in [0.15, 0.2) is 11.5 Å². The molecular formula is C18H19NO4S. The Balaban J connectivity index is 1.82. The Kier molecular flexibility index (Phi) is 5.40. The molecule has 0 spiro atoms. The highest BCUT2D eigenvalue weighted by Crippen LogP contribution is 2.21. The van der Waals surface area contributed by atoms with E-state index in [1.165, 1.54) is 0 Å². The number of ether oxygens (including phenoxy) is 2. The van der Waals surface area contributed by atoms with Gasteiger partial charge in [0.1, 0.15) is 0 Å². The van der Waals surface area contributed by atoms with Gasteiger partial charge in [-0.3, -0.25) is 9.00 Å². The number of benzene rings is 2. The molecule has 1 saturated heterocycles. The van der Waals surface area contributed by atoms with Crippen LogP contribution in [0, 0.1) is 6.92 Å². The number of carbonyl (C=O) groups is 1. The van der Waals surface area contributed by atoms with Crippen molar-refractivity contribution in [3.63, 3.8) is 0 Å². The van der Waals surface area contributed by atoms with Gasteiger partial charge in [-0.05, 0) is 31.2 Å². The topological polar surface area (TPSA) is 64.6 Å². The molecule has 0 aliphatic carbocycles. The second-order valence-electron chi connectivity index (χ2n) is 5.50. The van der Waals surface area contributed by atoms with Gasteiger partial charge in [-0.2, -0.15) is 0 Å². The average Bonchev–Trinajstić information content (AvgIpc) is 3.12. The van der Waals surface area contributed by atoms with Crippen LogP contribution < -0.4 is 5.32 Å². The van der Waals surface area contributed by atoms with Crippen LogP contribution in [0.5, 0.6) is 0 Å². The number of amides is 1. The van der Waals surface area contributed by atoms with E-state index in [0.29, 0.717) is 23.8 Å². The lowest BCUT2D eigenvalue weighted by molar-refractivity contribution is -0.123. The molecule has 0 bridgehead atoms. The fourth-order valence-electron chi connectivity index (χ4n) is 2.42. The molecule has 2 aromatic rings. The highest BCUT2D eigenvalue weighted by molar-refractivity contribution is 7.86. The second kappa shape index (κ2) is 7.70. The van der Waals surface area contributed by atoms with E-state index >= 15 is 0 Å². The second-order valence-corrected chi connectivity index (χ2v) is 7.07. The summed E-state index contributed by atoms with van der Waals surface area (Å²) in [4.78, 5) is 13.3. The first kappa shape index (κ1) is 16.8. The fourth-order valence-corrected chi connectivity index (χ4v) is 3.76. The third-order valence-corrected chi connectivity index (χ3v) is 5.31. The molecule has 126 valence electrons. The third kappa shape index (κ3) is 3.90. The van der Waals surface area contributed by atoms with Gasteiger partial charge >= 0.3 is 0 Å². The van der Waals surface area contributed by atoms with Crippen molar-refractivity contribution >= 4 is 22.4 Å². The monoisotopic (exact) mass is 345 g/mol.